The predicted molar refractivity (Wildman–Crippen MR) is 49.5 cm³/mol. The van der Waals surface area contributed by atoms with Gasteiger partial charge in [0.1, 0.15) is 0 Å². The van der Waals surface area contributed by atoms with E-state index in [1.807, 2.05) is 0 Å². The van der Waals surface area contributed by atoms with Gasteiger partial charge in [0.2, 0.25) is 0 Å². The first-order chi connectivity index (χ1) is 5.83. The third-order valence-corrected chi connectivity index (χ3v) is 2.59. The fraction of sp³-hybridized carbons (Fsp3) is 1.00. The molecule has 0 unspecified atom stereocenters. The van der Waals surface area contributed by atoms with Crippen LogP contribution >= 0.6 is 11.6 Å². The maximum absolute atomic E-state index is 5.79. The Morgan fingerprint density at radius 3 is 2.42 bits per heavy atom. The third kappa shape index (κ3) is 2.61. The SMILES string of the molecule is CCCCCC1(CCl)OCCO1. The predicted octanol–water partition coefficient (Wildman–Crippen LogP) is 2.55. The van der Waals surface area contributed by atoms with Gasteiger partial charge in [0, 0.05) is 6.42 Å². The van der Waals surface area contributed by atoms with Gasteiger partial charge in [-0.2, -0.15) is 0 Å². The van der Waals surface area contributed by atoms with E-state index >= 15 is 0 Å². The van der Waals surface area contributed by atoms with Crippen molar-refractivity contribution in [3.05, 3.63) is 0 Å². The Bertz CT molecular complexity index is 122. The number of hydrogen-bond acceptors (Lipinski definition) is 2. The van der Waals surface area contributed by atoms with Crippen LogP contribution in [0.1, 0.15) is 32.6 Å². The van der Waals surface area contributed by atoms with Crippen LogP contribution in [0.2, 0.25) is 0 Å². The quantitative estimate of drug-likeness (QED) is 0.493. The second-order valence-corrected chi connectivity index (χ2v) is 3.47. The minimum Gasteiger partial charge on any atom is -0.346 e. The van der Waals surface area contributed by atoms with Gasteiger partial charge in [-0.3, -0.25) is 0 Å². The van der Waals surface area contributed by atoms with Gasteiger partial charge in [-0.15, -0.1) is 11.6 Å². The topological polar surface area (TPSA) is 18.5 Å². The zero-order valence-corrected chi connectivity index (χ0v) is 8.40. The van der Waals surface area contributed by atoms with Crippen LogP contribution in [0.15, 0.2) is 0 Å². The molecule has 12 heavy (non-hydrogen) atoms. The molecule has 1 aliphatic rings. The molecule has 0 atom stereocenters. The number of ether oxygens (including phenoxy) is 2. The normalized spacial score (nSPS) is 21.5. The van der Waals surface area contributed by atoms with Gasteiger partial charge >= 0.3 is 0 Å². The van der Waals surface area contributed by atoms with E-state index in [2.05, 4.69) is 6.92 Å². The van der Waals surface area contributed by atoms with Crippen molar-refractivity contribution >= 4 is 11.6 Å². The molecule has 1 heterocycles. The highest BCUT2D eigenvalue weighted by Gasteiger charge is 2.34. The molecule has 1 aliphatic heterocycles. The highest BCUT2D eigenvalue weighted by molar-refractivity contribution is 6.18. The van der Waals surface area contributed by atoms with E-state index < -0.39 is 5.79 Å². The lowest BCUT2D eigenvalue weighted by Crippen LogP contribution is -2.32. The average molecular weight is 193 g/mol. The molecular weight excluding hydrogens is 176 g/mol. The minimum absolute atomic E-state index is 0.448. The van der Waals surface area contributed by atoms with E-state index in [1.54, 1.807) is 0 Å². The summed E-state index contributed by atoms with van der Waals surface area (Å²) < 4.78 is 11.0. The molecule has 2 nitrogen and oxygen atoms in total. The van der Waals surface area contributed by atoms with Gasteiger partial charge < -0.3 is 9.47 Å². The summed E-state index contributed by atoms with van der Waals surface area (Å²) in [7, 11) is 0. The number of alkyl halides is 1. The molecule has 0 amide bonds. The van der Waals surface area contributed by atoms with E-state index in [9.17, 15) is 0 Å². The molecule has 0 aromatic carbocycles. The zero-order valence-electron chi connectivity index (χ0n) is 7.64. The van der Waals surface area contributed by atoms with Crippen molar-refractivity contribution in [2.45, 2.75) is 38.4 Å². The summed E-state index contributed by atoms with van der Waals surface area (Å²) in [6.07, 6.45) is 4.53. The van der Waals surface area contributed by atoms with Crippen LogP contribution in [-0.2, 0) is 9.47 Å². The van der Waals surface area contributed by atoms with Crippen molar-refractivity contribution < 1.29 is 9.47 Å². The van der Waals surface area contributed by atoms with E-state index in [4.69, 9.17) is 21.1 Å². The summed E-state index contributed by atoms with van der Waals surface area (Å²) in [6, 6.07) is 0. The van der Waals surface area contributed by atoms with Crippen LogP contribution in [0, 0.1) is 0 Å². The highest BCUT2D eigenvalue weighted by Crippen LogP contribution is 2.27. The first-order valence-corrected chi connectivity index (χ1v) is 5.20. The number of hydrogen-bond donors (Lipinski definition) is 0. The van der Waals surface area contributed by atoms with Crippen molar-refractivity contribution in [1.82, 2.24) is 0 Å². The molecule has 72 valence electrons. The molecule has 0 spiro atoms. The van der Waals surface area contributed by atoms with E-state index in [0.29, 0.717) is 19.1 Å². The Morgan fingerprint density at radius 2 is 1.92 bits per heavy atom. The molecular formula is C9H17ClO2. The van der Waals surface area contributed by atoms with Gasteiger partial charge in [0.05, 0.1) is 19.1 Å². The van der Waals surface area contributed by atoms with Crippen LogP contribution in [0.4, 0.5) is 0 Å². The minimum atomic E-state index is -0.448. The van der Waals surface area contributed by atoms with E-state index in [0.717, 1.165) is 12.8 Å². The second kappa shape index (κ2) is 5.05. The van der Waals surface area contributed by atoms with Gasteiger partial charge in [0.15, 0.2) is 5.79 Å². The summed E-state index contributed by atoms with van der Waals surface area (Å²) in [6.45, 7) is 3.57. The average Bonchev–Trinajstić information content (AvgIpc) is 2.55. The van der Waals surface area contributed by atoms with E-state index in [1.165, 1.54) is 12.8 Å². The van der Waals surface area contributed by atoms with Crippen molar-refractivity contribution in [2.24, 2.45) is 0 Å². The molecule has 1 fully saturated rings. The Labute approximate surface area is 79.2 Å². The second-order valence-electron chi connectivity index (χ2n) is 3.20. The third-order valence-electron chi connectivity index (χ3n) is 2.18. The first kappa shape index (κ1) is 10.3. The Balaban J connectivity index is 2.24. The monoisotopic (exact) mass is 192 g/mol. The van der Waals surface area contributed by atoms with Gasteiger partial charge in [0.25, 0.3) is 0 Å². The number of unbranched alkanes of at least 4 members (excludes halogenated alkanes) is 2. The lowest BCUT2D eigenvalue weighted by Gasteiger charge is -2.24. The smallest absolute Gasteiger partial charge is 0.182 e. The van der Waals surface area contributed by atoms with Crippen molar-refractivity contribution in [1.29, 1.82) is 0 Å². The molecule has 0 radical (unpaired) electrons. The molecule has 0 aromatic rings. The maximum atomic E-state index is 5.79. The standard InChI is InChI=1S/C9H17ClO2/c1-2-3-4-5-9(8-10)11-6-7-12-9/h2-8H2,1H3. The van der Waals surface area contributed by atoms with E-state index in [-0.39, 0.29) is 0 Å². The summed E-state index contributed by atoms with van der Waals surface area (Å²) in [4.78, 5) is 0. The highest BCUT2D eigenvalue weighted by atomic mass is 35.5. The van der Waals surface area contributed by atoms with Crippen LogP contribution in [-0.4, -0.2) is 24.9 Å². The fourth-order valence-electron chi connectivity index (χ4n) is 1.43. The summed E-state index contributed by atoms with van der Waals surface area (Å²) in [5.41, 5.74) is 0. The molecule has 0 aliphatic carbocycles. The summed E-state index contributed by atoms with van der Waals surface area (Å²) >= 11 is 5.79. The molecule has 1 saturated heterocycles. The van der Waals surface area contributed by atoms with Gasteiger partial charge in [-0.1, -0.05) is 19.8 Å². The van der Waals surface area contributed by atoms with Crippen molar-refractivity contribution in [3.63, 3.8) is 0 Å². The molecule has 0 N–H and O–H groups in total. The Morgan fingerprint density at radius 1 is 1.25 bits per heavy atom. The largest absolute Gasteiger partial charge is 0.346 e. The lowest BCUT2D eigenvalue weighted by atomic mass is 10.1. The molecule has 0 saturated carbocycles. The van der Waals surface area contributed by atoms with Gasteiger partial charge in [-0.05, 0) is 6.42 Å². The maximum Gasteiger partial charge on any atom is 0.182 e. The van der Waals surface area contributed by atoms with Crippen molar-refractivity contribution in [3.8, 4) is 0 Å². The van der Waals surface area contributed by atoms with Crippen LogP contribution in [0.5, 0.6) is 0 Å². The lowest BCUT2D eigenvalue weighted by molar-refractivity contribution is -0.144. The van der Waals surface area contributed by atoms with Gasteiger partial charge in [-0.25, -0.2) is 0 Å². The summed E-state index contributed by atoms with van der Waals surface area (Å²) in [5, 5.41) is 0. The zero-order chi connectivity index (χ0) is 8.86. The fourth-order valence-corrected chi connectivity index (χ4v) is 1.72. The summed E-state index contributed by atoms with van der Waals surface area (Å²) in [5.74, 6) is 0.00738. The molecule has 1 rings (SSSR count). The van der Waals surface area contributed by atoms with Crippen LogP contribution in [0.25, 0.3) is 0 Å². The molecule has 0 bridgehead atoms. The van der Waals surface area contributed by atoms with Crippen molar-refractivity contribution in [2.75, 3.05) is 19.1 Å². The molecule has 3 heteroatoms. The Kier molecular flexibility index (Phi) is 4.33. The molecule has 0 aromatic heterocycles. The Hall–Kier alpha value is 0.210. The van der Waals surface area contributed by atoms with Crippen LogP contribution in [0.3, 0.4) is 0 Å². The van der Waals surface area contributed by atoms with Crippen LogP contribution < -0.4 is 0 Å². The first-order valence-electron chi connectivity index (χ1n) is 4.67. The number of halogens is 1. The number of rotatable bonds is 5.